The van der Waals surface area contributed by atoms with Gasteiger partial charge in [-0.3, -0.25) is 0 Å². The Labute approximate surface area is 103 Å². The van der Waals surface area contributed by atoms with Crippen LogP contribution in [0.25, 0.3) is 0 Å². The highest BCUT2D eigenvalue weighted by Crippen LogP contribution is 2.26. The largest absolute Gasteiger partial charge is 0.373 e. The molecule has 0 saturated carbocycles. The molecule has 0 unspecified atom stereocenters. The lowest BCUT2D eigenvalue weighted by Gasteiger charge is -2.29. The van der Waals surface area contributed by atoms with E-state index in [-0.39, 0.29) is 0 Å². The Kier molecular flexibility index (Phi) is 4.18. The molecule has 1 aliphatic heterocycles. The molecule has 0 radical (unpaired) electrons. The number of nitrogens with one attached hydrogen (secondary N) is 1. The molecule has 17 heavy (non-hydrogen) atoms. The van der Waals surface area contributed by atoms with Crippen LogP contribution in [0.1, 0.15) is 38.2 Å². The third-order valence-electron chi connectivity index (χ3n) is 3.32. The first-order valence-electron chi connectivity index (χ1n) is 6.63. The monoisotopic (exact) mass is 234 g/mol. The Bertz CT molecular complexity index is 358. The number of aromatic nitrogens is 2. The third kappa shape index (κ3) is 2.68. The van der Waals surface area contributed by atoms with E-state index in [1.54, 1.807) is 6.33 Å². The van der Waals surface area contributed by atoms with Crippen molar-refractivity contribution < 1.29 is 0 Å². The van der Waals surface area contributed by atoms with E-state index in [4.69, 9.17) is 0 Å². The second-order valence-corrected chi connectivity index (χ2v) is 4.57. The van der Waals surface area contributed by atoms with Crippen LogP contribution in [0.4, 0.5) is 11.6 Å². The minimum atomic E-state index is 0.988. The predicted molar refractivity (Wildman–Crippen MR) is 71.6 cm³/mol. The van der Waals surface area contributed by atoms with E-state index < -0.39 is 0 Å². The van der Waals surface area contributed by atoms with Gasteiger partial charge >= 0.3 is 0 Å². The molecule has 0 aromatic carbocycles. The van der Waals surface area contributed by atoms with Crippen molar-refractivity contribution >= 4 is 11.6 Å². The van der Waals surface area contributed by atoms with Crippen LogP contribution < -0.4 is 10.2 Å². The van der Waals surface area contributed by atoms with Crippen LogP contribution in [-0.4, -0.2) is 30.1 Å². The van der Waals surface area contributed by atoms with E-state index in [0.29, 0.717) is 0 Å². The lowest BCUT2D eigenvalue weighted by atomic mass is 10.1. The molecular weight excluding hydrogens is 212 g/mol. The zero-order chi connectivity index (χ0) is 12.1. The van der Waals surface area contributed by atoms with Crippen molar-refractivity contribution in [1.29, 1.82) is 0 Å². The average molecular weight is 234 g/mol. The van der Waals surface area contributed by atoms with Crippen LogP contribution in [-0.2, 0) is 6.42 Å². The summed E-state index contributed by atoms with van der Waals surface area (Å²) in [6.07, 6.45) is 7.76. The Morgan fingerprint density at radius 3 is 2.65 bits per heavy atom. The third-order valence-corrected chi connectivity index (χ3v) is 3.32. The van der Waals surface area contributed by atoms with Gasteiger partial charge in [0.1, 0.15) is 18.0 Å². The SMILES string of the molecule is CCCc1c(NC)ncnc1N1CCCCC1. The molecule has 0 spiro atoms. The van der Waals surface area contributed by atoms with E-state index in [9.17, 15) is 0 Å². The topological polar surface area (TPSA) is 41.1 Å². The summed E-state index contributed by atoms with van der Waals surface area (Å²) in [5.41, 5.74) is 1.28. The van der Waals surface area contributed by atoms with Crippen LogP contribution in [0.2, 0.25) is 0 Å². The van der Waals surface area contributed by atoms with Crippen molar-refractivity contribution in [2.45, 2.75) is 39.0 Å². The van der Waals surface area contributed by atoms with Crippen molar-refractivity contribution in [1.82, 2.24) is 9.97 Å². The van der Waals surface area contributed by atoms with Gasteiger partial charge in [0.2, 0.25) is 0 Å². The van der Waals surface area contributed by atoms with E-state index in [0.717, 1.165) is 37.6 Å². The fraction of sp³-hybridized carbons (Fsp3) is 0.692. The van der Waals surface area contributed by atoms with Crippen molar-refractivity contribution in [3.05, 3.63) is 11.9 Å². The zero-order valence-corrected chi connectivity index (χ0v) is 10.9. The van der Waals surface area contributed by atoms with Crippen LogP contribution >= 0.6 is 0 Å². The van der Waals surface area contributed by atoms with E-state index in [2.05, 4.69) is 27.1 Å². The van der Waals surface area contributed by atoms with Crippen molar-refractivity contribution in [3.63, 3.8) is 0 Å². The summed E-state index contributed by atoms with van der Waals surface area (Å²) in [4.78, 5) is 11.2. The number of hydrogen-bond donors (Lipinski definition) is 1. The maximum Gasteiger partial charge on any atom is 0.137 e. The maximum absolute atomic E-state index is 4.50. The Morgan fingerprint density at radius 2 is 2.00 bits per heavy atom. The summed E-state index contributed by atoms with van der Waals surface area (Å²) in [5, 5.41) is 3.18. The highest BCUT2D eigenvalue weighted by Gasteiger charge is 2.18. The number of anilines is 2. The van der Waals surface area contributed by atoms with Crippen LogP contribution in [0.15, 0.2) is 6.33 Å². The average Bonchev–Trinajstić information content (AvgIpc) is 2.40. The first-order valence-corrected chi connectivity index (χ1v) is 6.63. The molecule has 1 N–H and O–H groups in total. The van der Waals surface area contributed by atoms with Gasteiger partial charge in [0.25, 0.3) is 0 Å². The minimum absolute atomic E-state index is 0.988. The molecule has 0 amide bonds. The summed E-state index contributed by atoms with van der Waals surface area (Å²) in [6, 6.07) is 0. The number of nitrogens with zero attached hydrogens (tertiary/aromatic N) is 3. The lowest BCUT2D eigenvalue weighted by molar-refractivity contribution is 0.571. The summed E-state index contributed by atoms with van der Waals surface area (Å²) >= 11 is 0. The summed E-state index contributed by atoms with van der Waals surface area (Å²) < 4.78 is 0. The van der Waals surface area contributed by atoms with Crippen LogP contribution in [0, 0.1) is 0 Å². The summed E-state index contributed by atoms with van der Waals surface area (Å²) in [5.74, 6) is 2.13. The van der Waals surface area contributed by atoms with E-state index in [1.165, 1.54) is 24.8 Å². The Morgan fingerprint density at radius 1 is 1.24 bits per heavy atom. The summed E-state index contributed by atoms with van der Waals surface area (Å²) in [7, 11) is 1.93. The molecule has 4 heteroatoms. The normalized spacial score (nSPS) is 16.0. The molecule has 94 valence electrons. The first kappa shape index (κ1) is 12.1. The lowest BCUT2D eigenvalue weighted by Crippen LogP contribution is -2.31. The van der Waals surface area contributed by atoms with Gasteiger partial charge in [-0.15, -0.1) is 0 Å². The molecule has 1 aliphatic rings. The van der Waals surface area contributed by atoms with Gasteiger partial charge in [-0.2, -0.15) is 0 Å². The molecule has 0 aliphatic carbocycles. The molecule has 2 heterocycles. The van der Waals surface area contributed by atoms with Gasteiger partial charge in [0.15, 0.2) is 0 Å². The molecule has 4 nitrogen and oxygen atoms in total. The number of rotatable bonds is 4. The van der Waals surface area contributed by atoms with Crippen molar-refractivity contribution in [2.75, 3.05) is 30.4 Å². The Hall–Kier alpha value is -1.32. The predicted octanol–water partition coefficient (Wildman–Crippen LogP) is 2.46. The van der Waals surface area contributed by atoms with E-state index in [1.807, 2.05) is 7.05 Å². The number of hydrogen-bond acceptors (Lipinski definition) is 4. The first-order chi connectivity index (χ1) is 8.36. The smallest absolute Gasteiger partial charge is 0.137 e. The van der Waals surface area contributed by atoms with Gasteiger partial charge in [-0.25, -0.2) is 9.97 Å². The highest BCUT2D eigenvalue weighted by atomic mass is 15.2. The molecule has 1 fully saturated rings. The molecule has 0 atom stereocenters. The fourth-order valence-corrected chi connectivity index (χ4v) is 2.48. The molecule has 1 aromatic heterocycles. The molecule has 1 aromatic rings. The molecule has 1 saturated heterocycles. The van der Waals surface area contributed by atoms with E-state index >= 15 is 0 Å². The minimum Gasteiger partial charge on any atom is -0.373 e. The molecule has 2 rings (SSSR count). The fourth-order valence-electron chi connectivity index (χ4n) is 2.48. The highest BCUT2D eigenvalue weighted by molar-refractivity contribution is 5.58. The van der Waals surface area contributed by atoms with Crippen LogP contribution in [0.3, 0.4) is 0 Å². The molecule has 0 bridgehead atoms. The van der Waals surface area contributed by atoms with Crippen molar-refractivity contribution in [2.24, 2.45) is 0 Å². The second kappa shape index (κ2) is 5.84. The van der Waals surface area contributed by atoms with Gasteiger partial charge in [-0.05, 0) is 25.7 Å². The standard InChI is InChI=1S/C13H22N4/c1-3-7-11-12(14-2)15-10-16-13(11)17-8-5-4-6-9-17/h10H,3-9H2,1-2H3,(H,14,15,16). The Balaban J connectivity index is 2.30. The summed E-state index contributed by atoms with van der Waals surface area (Å²) in [6.45, 7) is 4.47. The van der Waals surface area contributed by atoms with Crippen molar-refractivity contribution in [3.8, 4) is 0 Å². The number of piperidine rings is 1. The quantitative estimate of drug-likeness (QED) is 0.869. The zero-order valence-electron chi connectivity index (χ0n) is 10.9. The molecular formula is C13H22N4. The van der Waals surface area contributed by atoms with Gasteiger partial charge in [0, 0.05) is 25.7 Å². The van der Waals surface area contributed by atoms with Crippen LogP contribution in [0.5, 0.6) is 0 Å². The van der Waals surface area contributed by atoms with Gasteiger partial charge in [0.05, 0.1) is 0 Å². The van der Waals surface area contributed by atoms with Gasteiger partial charge in [-0.1, -0.05) is 13.3 Å². The maximum atomic E-state index is 4.50. The van der Waals surface area contributed by atoms with Gasteiger partial charge < -0.3 is 10.2 Å². The second-order valence-electron chi connectivity index (χ2n) is 4.57.